The van der Waals surface area contributed by atoms with Crippen molar-refractivity contribution in [3.8, 4) is 0 Å². The molecule has 0 N–H and O–H groups in total. The summed E-state index contributed by atoms with van der Waals surface area (Å²) in [6.45, 7) is 2.29. The summed E-state index contributed by atoms with van der Waals surface area (Å²) in [5.41, 5.74) is 3.63. The number of aromatic nitrogens is 1. The van der Waals surface area contributed by atoms with Crippen molar-refractivity contribution in [2.24, 2.45) is 0 Å². The molecule has 0 fully saturated rings. The van der Waals surface area contributed by atoms with Gasteiger partial charge in [-0.2, -0.15) is 0 Å². The Morgan fingerprint density at radius 1 is 1.15 bits per heavy atom. The zero-order chi connectivity index (χ0) is 13.9. The summed E-state index contributed by atoms with van der Waals surface area (Å²) in [5.74, 6) is 0.271. The Kier molecular flexibility index (Phi) is 2.16. The zero-order valence-electron chi connectivity index (χ0n) is 11.1. The van der Waals surface area contributed by atoms with Crippen molar-refractivity contribution in [3.05, 3.63) is 47.5 Å². The highest BCUT2D eigenvalue weighted by atomic mass is 16.1. The smallest absolute Gasteiger partial charge is 0.166 e. The molecule has 0 bridgehead atoms. The lowest BCUT2D eigenvalue weighted by Crippen LogP contribution is -2.13. The first kappa shape index (κ1) is 11.4. The number of carbonyl (C=O) groups is 2. The number of hydrogen-bond donors (Lipinski definition) is 0. The normalized spacial score (nSPS) is 14.2. The standard InChI is InChI=1S/C17H13NO2/c1-10(19)11-5-6-15-14(9-11)12-3-2-4-13-16(20)7-8-18(15)17(12)13/h2-6,9H,7-8H2,1H3. The monoisotopic (exact) mass is 263 g/mol. The van der Waals surface area contributed by atoms with Gasteiger partial charge < -0.3 is 4.57 Å². The first-order valence-corrected chi connectivity index (χ1v) is 6.76. The lowest BCUT2D eigenvalue weighted by Gasteiger charge is -2.15. The number of nitrogens with zero attached hydrogens (tertiary/aromatic N) is 1. The van der Waals surface area contributed by atoms with Gasteiger partial charge in [-0.05, 0) is 31.2 Å². The molecule has 0 spiro atoms. The summed E-state index contributed by atoms with van der Waals surface area (Å²) in [4.78, 5) is 23.6. The summed E-state index contributed by atoms with van der Waals surface area (Å²) in [6.07, 6.45) is 0.546. The van der Waals surface area contributed by atoms with Gasteiger partial charge in [-0.1, -0.05) is 12.1 Å². The minimum Gasteiger partial charge on any atom is -0.339 e. The highest BCUT2D eigenvalue weighted by molar-refractivity contribution is 6.18. The molecule has 1 aliphatic heterocycles. The van der Waals surface area contributed by atoms with Crippen LogP contribution in [0, 0.1) is 0 Å². The molecule has 2 aromatic carbocycles. The van der Waals surface area contributed by atoms with Crippen molar-refractivity contribution in [2.45, 2.75) is 19.9 Å². The van der Waals surface area contributed by atoms with Crippen LogP contribution in [0.25, 0.3) is 21.8 Å². The number of fused-ring (bicyclic) bond motifs is 3. The summed E-state index contributed by atoms with van der Waals surface area (Å²) >= 11 is 0. The van der Waals surface area contributed by atoms with Crippen molar-refractivity contribution in [1.82, 2.24) is 4.57 Å². The second-order valence-corrected chi connectivity index (χ2v) is 5.31. The van der Waals surface area contributed by atoms with E-state index in [0.717, 1.165) is 33.9 Å². The minimum absolute atomic E-state index is 0.0647. The Bertz CT molecular complexity index is 902. The van der Waals surface area contributed by atoms with Crippen LogP contribution >= 0.6 is 0 Å². The molecule has 0 unspecified atom stereocenters. The molecule has 1 aromatic heterocycles. The van der Waals surface area contributed by atoms with Gasteiger partial charge in [0.2, 0.25) is 0 Å². The predicted octanol–water partition coefficient (Wildman–Crippen LogP) is 3.58. The number of benzene rings is 2. The number of carbonyl (C=O) groups excluding carboxylic acids is 2. The highest BCUT2D eigenvalue weighted by Crippen LogP contribution is 2.35. The van der Waals surface area contributed by atoms with E-state index in [4.69, 9.17) is 0 Å². The van der Waals surface area contributed by atoms with E-state index in [1.54, 1.807) is 6.92 Å². The molecule has 98 valence electrons. The summed E-state index contributed by atoms with van der Waals surface area (Å²) in [5, 5.41) is 2.12. The van der Waals surface area contributed by atoms with Crippen LogP contribution in [-0.2, 0) is 6.54 Å². The predicted molar refractivity (Wildman–Crippen MR) is 78.4 cm³/mol. The van der Waals surface area contributed by atoms with E-state index in [1.807, 2.05) is 36.4 Å². The molecule has 3 heteroatoms. The Balaban J connectivity index is 2.22. The molecule has 0 amide bonds. The van der Waals surface area contributed by atoms with E-state index in [-0.39, 0.29) is 11.6 Å². The van der Waals surface area contributed by atoms with Gasteiger partial charge in [0.25, 0.3) is 0 Å². The Morgan fingerprint density at radius 2 is 2.00 bits per heavy atom. The van der Waals surface area contributed by atoms with E-state index in [2.05, 4.69) is 4.57 Å². The summed E-state index contributed by atoms with van der Waals surface area (Å²) in [7, 11) is 0. The molecule has 3 aromatic rings. The second-order valence-electron chi connectivity index (χ2n) is 5.31. The van der Waals surface area contributed by atoms with E-state index in [1.165, 1.54) is 0 Å². The van der Waals surface area contributed by atoms with Gasteiger partial charge in [-0.25, -0.2) is 0 Å². The third kappa shape index (κ3) is 1.35. The number of hydrogen-bond acceptors (Lipinski definition) is 2. The van der Waals surface area contributed by atoms with Crippen LogP contribution in [0.15, 0.2) is 36.4 Å². The Hall–Kier alpha value is -2.42. The number of aryl methyl sites for hydroxylation is 1. The summed E-state index contributed by atoms with van der Waals surface area (Å²) < 4.78 is 2.20. The average molecular weight is 263 g/mol. The number of para-hydroxylation sites is 1. The topological polar surface area (TPSA) is 39.1 Å². The van der Waals surface area contributed by atoms with Crippen molar-refractivity contribution >= 4 is 33.4 Å². The molecule has 0 saturated carbocycles. The maximum atomic E-state index is 12.1. The van der Waals surface area contributed by atoms with E-state index < -0.39 is 0 Å². The number of Topliss-reactive ketones (excluding diaryl/α,β-unsaturated/α-hetero) is 2. The Morgan fingerprint density at radius 3 is 2.80 bits per heavy atom. The minimum atomic E-state index is 0.0647. The van der Waals surface area contributed by atoms with E-state index in [9.17, 15) is 9.59 Å². The molecule has 0 atom stereocenters. The SMILES string of the molecule is CC(=O)c1ccc2c(c1)c1cccc3c1n2CCC3=O. The first-order chi connectivity index (χ1) is 9.66. The lowest BCUT2D eigenvalue weighted by molar-refractivity contribution is 0.0972. The molecule has 4 rings (SSSR count). The summed E-state index contributed by atoms with van der Waals surface area (Å²) in [6, 6.07) is 11.6. The van der Waals surface area contributed by atoms with Gasteiger partial charge >= 0.3 is 0 Å². The van der Waals surface area contributed by atoms with Gasteiger partial charge in [-0.15, -0.1) is 0 Å². The molecule has 0 saturated heterocycles. The third-order valence-electron chi connectivity index (χ3n) is 4.15. The molecular weight excluding hydrogens is 250 g/mol. The average Bonchev–Trinajstić information content (AvgIpc) is 2.78. The van der Waals surface area contributed by atoms with E-state index >= 15 is 0 Å². The van der Waals surface area contributed by atoms with Crippen LogP contribution in [0.2, 0.25) is 0 Å². The van der Waals surface area contributed by atoms with Crippen LogP contribution in [0.3, 0.4) is 0 Å². The van der Waals surface area contributed by atoms with Crippen LogP contribution in [0.1, 0.15) is 34.1 Å². The first-order valence-electron chi connectivity index (χ1n) is 6.76. The van der Waals surface area contributed by atoms with Gasteiger partial charge in [0.1, 0.15) is 0 Å². The Labute approximate surface area is 115 Å². The van der Waals surface area contributed by atoms with Crippen LogP contribution in [0.4, 0.5) is 0 Å². The second kappa shape index (κ2) is 3.79. The number of rotatable bonds is 1. The van der Waals surface area contributed by atoms with Gasteiger partial charge in [-0.3, -0.25) is 9.59 Å². The molecular formula is C17H13NO2. The molecule has 0 aliphatic carbocycles. The van der Waals surface area contributed by atoms with Crippen LogP contribution < -0.4 is 0 Å². The van der Waals surface area contributed by atoms with Gasteiger partial charge in [0, 0.05) is 40.4 Å². The fourth-order valence-electron chi connectivity index (χ4n) is 3.18. The van der Waals surface area contributed by atoms with Gasteiger partial charge in [0.05, 0.1) is 5.52 Å². The van der Waals surface area contributed by atoms with Crippen molar-refractivity contribution < 1.29 is 9.59 Å². The molecule has 2 heterocycles. The fourth-order valence-corrected chi connectivity index (χ4v) is 3.18. The maximum Gasteiger partial charge on any atom is 0.166 e. The lowest BCUT2D eigenvalue weighted by atomic mass is 10.0. The van der Waals surface area contributed by atoms with E-state index in [0.29, 0.717) is 12.0 Å². The highest BCUT2D eigenvalue weighted by Gasteiger charge is 2.22. The zero-order valence-corrected chi connectivity index (χ0v) is 11.1. The largest absolute Gasteiger partial charge is 0.339 e. The molecule has 20 heavy (non-hydrogen) atoms. The maximum absolute atomic E-state index is 12.1. The molecule has 0 radical (unpaired) electrons. The van der Waals surface area contributed by atoms with Crippen LogP contribution in [-0.4, -0.2) is 16.1 Å². The molecule has 3 nitrogen and oxygen atoms in total. The fraction of sp³-hybridized carbons (Fsp3) is 0.176. The third-order valence-corrected chi connectivity index (χ3v) is 4.15. The molecule has 1 aliphatic rings. The van der Waals surface area contributed by atoms with Crippen molar-refractivity contribution in [3.63, 3.8) is 0 Å². The number of ketones is 2. The van der Waals surface area contributed by atoms with Crippen LogP contribution in [0.5, 0.6) is 0 Å². The van der Waals surface area contributed by atoms with Gasteiger partial charge in [0.15, 0.2) is 11.6 Å². The van der Waals surface area contributed by atoms with Crippen molar-refractivity contribution in [2.75, 3.05) is 0 Å². The van der Waals surface area contributed by atoms with Crippen molar-refractivity contribution in [1.29, 1.82) is 0 Å². The quantitative estimate of drug-likeness (QED) is 0.629.